The average Bonchev–Trinajstić information content (AvgIpc) is 3.03. The van der Waals surface area contributed by atoms with Crippen LogP contribution >= 0.6 is 39.3 Å². The molecular formula is C18H17BrClFN4O2S. The van der Waals surface area contributed by atoms with Gasteiger partial charge in [0.1, 0.15) is 5.52 Å². The van der Waals surface area contributed by atoms with Gasteiger partial charge in [-0.3, -0.25) is 9.63 Å². The SMILES string of the molecule is CSCCONC(=O)c1cc2c(ncn2C)c(F)c1Nc1ccc(Br)cc1Cl. The van der Waals surface area contributed by atoms with Crippen molar-refractivity contribution < 1.29 is 14.0 Å². The molecule has 0 atom stereocenters. The number of hydrogen-bond acceptors (Lipinski definition) is 5. The maximum atomic E-state index is 15.2. The number of amides is 1. The number of nitrogens with one attached hydrogen (secondary N) is 2. The van der Waals surface area contributed by atoms with E-state index in [9.17, 15) is 4.79 Å². The molecule has 0 bridgehead atoms. The van der Waals surface area contributed by atoms with E-state index >= 15 is 4.39 Å². The third-order valence-corrected chi connectivity index (χ3v) is 5.33. The number of nitrogens with zero attached hydrogens (tertiary/aromatic N) is 2. The molecule has 3 rings (SSSR count). The van der Waals surface area contributed by atoms with Crippen molar-refractivity contribution in [1.29, 1.82) is 0 Å². The molecule has 6 nitrogen and oxygen atoms in total. The Labute approximate surface area is 178 Å². The number of aromatic nitrogens is 2. The summed E-state index contributed by atoms with van der Waals surface area (Å²) in [6, 6.07) is 6.68. The summed E-state index contributed by atoms with van der Waals surface area (Å²) < 4.78 is 17.6. The largest absolute Gasteiger partial charge is 0.351 e. The van der Waals surface area contributed by atoms with Crippen molar-refractivity contribution in [2.24, 2.45) is 7.05 Å². The minimum Gasteiger partial charge on any atom is -0.351 e. The van der Waals surface area contributed by atoms with Crippen LogP contribution in [-0.2, 0) is 11.9 Å². The lowest BCUT2D eigenvalue weighted by atomic mass is 10.1. The standard InChI is InChI=1S/C18H17BrClFN4O2S/c1-25-9-22-17-14(25)8-11(18(26)24-27-5-6-28-2)16(15(17)21)23-13-4-3-10(19)7-12(13)20/h3-4,7-9,23H,5-6H2,1-2H3,(H,24,26). The van der Waals surface area contributed by atoms with Crippen LogP contribution in [0.1, 0.15) is 10.4 Å². The molecule has 2 aromatic carbocycles. The third kappa shape index (κ3) is 4.43. The Morgan fingerprint density at radius 2 is 2.21 bits per heavy atom. The van der Waals surface area contributed by atoms with E-state index in [0.29, 0.717) is 22.8 Å². The first-order valence-corrected chi connectivity index (χ1v) is 10.8. The lowest BCUT2D eigenvalue weighted by Gasteiger charge is -2.15. The van der Waals surface area contributed by atoms with E-state index in [1.165, 1.54) is 6.33 Å². The molecular weight excluding hydrogens is 471 g/mol. The molecule has 148 valence electrons. The van der Waals surface area contributed by atoms with E-state index in [0.717, 1.165) is 10.2 Å². The number of hydroxylamine groups is 1. The highest BCUT2D eigenvalue weighted by Crippen LogP contribution is 2.34. The van der Waals surface area contributed by atoms with Crippen LogP contribution in [0.2, 0.25) is 5.02 Å². The summed E-state index contributed by atoms with van der Waals surface area (Å²) in [5.74, 6) is -0.500. The van der Waals surface area contributed by atoms with Crippen LogP contribution in [0.25, 0.3) is 11.0 Å². The Bertz CT molecular complexity index is 1030. The lowest BCUT2D eigenvalue weighted by Crippen LogP contribution is -2.26. The number of aryl methyl sites for hydroxylation is 1. The van der Waals surface area contributed by atoms with Gasteiger partial charge in [-0.15, -0.1) is 0 Å². The number of carbonyl (C=O) groups excluding carboxylic acids is 1. The summed E-state index contributed by atoms with van der Waals surface area (Å²) in [5.41, 5.74) is 3.50. The number of thioether (sulfide) groups is 1. The van der Waals surface area contributed by atoms with Gasteiger partial charge < -0.3 is 9.88 Å². The predicted octanol–water partition coefficient (Wildman–Crippen LogP) is 4.90. The molecule has 28 heavy (non-hydrogen) atoms. The van der Waals surface area contributed by atoms with Gasteiger partial charge in [0, 0.05) is 17.3 Å². The molecule has 3 aromatic rings. The van der Waals surface area contributed by atoms with Crippen LogP contribution in [-0.4, -0.2) is 34.1 Å². The fraction of sp³-hybridized carbons (Fsp3) is 0.222. The van der Waals surface area contributed by atoms with E-state index in [-0.39, 0.29) is 16.8 Å². The smallest absolute Gasteiger partial charge is 0.277 e. The molecule has 1 aromatic heterocycles. The Kier molecular flexibility index (Phi) is 6.82. The molecule has 0 radical (unpaired) electrons. The van der Waals surface area contributed by atoms with Crippen LogP contribution in [0, 0.1) is 5.82 Å². The topological polar surface area (TPSA) is 68.2 Å². The summed E-state index contributed by atoms with van der Waals surface area (Å²) >= 11 is 11.2. The Balaban J connectivity index is 2.03. The first kappa shape index (κ1) is 20.9. The quantitative estimate of drug-likeness (QED) is 0.367. The van der Waals surface area contributed by atoms with Gasteiger partial charge in [0.25, 0.3) is 5.91 Å². The number of anilines is 2. The second-order valence-corrected chi connectivity index (χ2v) is 8.17. The first-order valence-electron chi connectivity index (χ1n) is 8.19. The summed E-state index contributed by atoms with van der Waals surface area (Å²) in [7, 11) is 1.73. The molecule has 0 fully saturated rings. The van der Waals surface area contributed by atoms with Gasteiger partial charge in [0.2, 0.25) is 0 Å². The molecule has 0 saturated heterocycles. The van der Waals surface area contributed by atoms with Gasteiger partial charge in [-0.05, 0) is 30.5 Å². The number of carbonyl (C=O) groups is 1. The molecule has 0 aliphatic heterocycles. The highest BCUT2D eigenvalue weighted by atomic mass is 79.9. The zero-order chi connectivity index (χ0) is 20.3. The Hall–Kier alpha value is -1.81. The van der Waals surface area contributed by atoms with Crippen LogP contribution in [0.4, 0.5) is 15.8 Å². The predicted molar refractivity (Wildman–Crippen MR) is 115 cm³/mol. The van der Waals surface area contributed by atoms with E-state index in [1.807, 2.05) is 6.26 Å². The van der Waals surface area contributed by atoms with Gasteiger partial charge in [0.15, 0.2) is 5.82 Å². The fourth-order valence-electron chi connectivity index (χ4n) is 2.55. The van der Waals surface area contributed by atoms with Crippen molar-refractivity contribution in [3.8, 4) is 0 Å². The molecule has 1 heterocycles. The number of halogens is 3. The summed E-state index contributed by atoms with van der Waals surface area (Å²) in [6.07, 6.45) is 3.42. The van der Waals surface area contributed by atoms with E-state index < -0.39 is 11.7 Å². The number of fused-ring (bicyclic) bond motifs is 1. The van der Waals surface area contributed by atoms with E-state index in [1.54, 1.807) is 47.6 Å². The zero-order valence-electron chi connectivity index (χ0n) is 15.1. The molecule has 0 unspecified atom stereocenters. The van der Waals surface area contributed by atoms with Crippen molar-refractivity contribution in [2.45, 2.75) is 0 Å². The van der Waals surface area contributed by atoms with Crippen molar-refractivity contribution in [1.82, 2.24) is 15.0 Å². The van der Waals surface area contributed by atoms with Gasteiger partial charge >= 0.3 is 0 Å². The number of benzene rings is 2. The highest BCUT2D eigenvalue weighted by Gasteiger charge is 2.22. The molecule has 0 saturated carbocycles. The van der Waals surface area contributed by atoms with Gasteiger partial charge in [-0.1, -0.05) is 27.5 Å². The van der Waals surface area contributed by atoms with Crippen LogP contribution in [0.5, 0.6) is 0 Å². The minimum atomic E-state index is -0.647. The maximum absolute atomic E-state index is 15.2. The molecule has 0 aliphatic carbocycles. The van der Waals surface area contributed by atoms with Crippen molar-refractivity contribution in [2.75, 3.05) is 23.9 Å². The van der Waals surface area contributed by atoms with Crippen molar-refractivity contribution >= 4 is 67.6 Å². The molecule has 1 amide bonds. The van der Waals surface area contributed by atoms with Crippen molar-refractivity contribution in [3.63, 3.8) is 0 Å². The Morgan fingerprint density at radius 3 is 2.93 bits per heavy atom. The van der Waals surface area contributed by atoms with Gasteiger partial charge in [-0.25, -0.2) is 14.9 Å². The summed E-state index contributed by atoms with van der Waals surface area (Å²) in [6.45, 7) is 0.338. The van der Waals surface area contributed by atoms with Gasteiger partial charge in [0.05, 0.1) is 40.4 Å². The molecule has 0 spiro atoms. The fourth-order valence-corrected chi connectivity index (χ4v) is 3.52. The molecule has 2 N–H and O–H groups in total. The zero-order valence-corrected chi connectivity index (χ0v) is 18.2. The maximum Gasteiger partial charge on any atom is 0.277 e. The van der Waals surface area contributed by atoms with E-state index in [2.05, 4.69) is 31.7 Å². The Morgan fingerprint density at radius 1 is 1.43 bits per heavy atom. The normalized spacial score (nSPS) is 11.0. The number of imidazole rings is 1. The average molecular weight is 488 g/mol. The second kappa shape index (κ2) is 9.13. The third-order valence-electron chi connectivity index (χ3n) is 3.95. The summed E-state index contributed by atoms with van der Waals surface area (Å²) in [4.78, 5) is 21.9. The molecule has 10 heteroatoms. The lowest BCUT2D eigenvalue weighted by molar-refractivity contribution is 0.0375. The minimum absolute atomic E-state index is 0.0265. The monoisotopic (exact) mass is 486 g/mol. The van der Waals surface area contributed by atoms with Crippen LogP contribution < -0.4 is 10.8 Å². The summed E-state index contributed by atoms with van der Waals surface area (Å²) in [5, 5.41) is 3.30. The number of hydrogen-bond donors (Lipinski definition) is 2. The first-order chi connectivity index (χ1) is 13.4. The van der Waals surface area contributed by atoms with Gasteiger partial charge in [-0.2, -0.15) is 11.8 Å². The highest BCUT2D eigenvalue weighted by molar-refractivity contribution is 9.10. The van der Waals surface area contributed by atoms with E-state index in [4.69, 9.17) is 16.4 Å². The number of rotatable bonds is 7. The van der Waals surface area contributed by atoms with Crippen LogP contribution in [0.3, 0.4) is 0 Å². The molecule has 0 aliphatic rings. The van der Waals surface area contributed by atoms with Crippen LogP contribution in [0.15, 0.2) is 35.1 Å². The second-order valence-electron chi connectivity index (χ2n) is 5.86. The van der Waals surface area contributed by atoms with Crippen molar-refractivity contribution in [3.05, 3.63) is 51.5 Å².